The third-order valence-electron chi connectivity index (χ3n) is 7.97. The van der Waals surface area contributed by atoms with E-state index < -0.39 is 17.1 Å². The van der Waals surface area contributed by atoms with Gasteiger partial charge in [0, 0.05) is 26.3 Å². The van der Waals surface area contributed by atoms with Crippen molar-refractivity contribution in [3.63, 3.8) is 0 Å². The number of ether oxygens (including phenoxy) is 1. The van der Waals surface area contributed by atoms with Crippen LogP contribution in [0.4, 0.5) is 11.4 Å². The summed E-state index contributed by atoms with van der Waals surface area (Å²) in [5, 5.41) is 4.60. The topological polar surface area (TPSA) is 97.7 Å². The Hall–Kier alpha value is -4.19. The summed E-state index contributed by atoms with van der Waals surface area (Å²) < 4.78 is 7.60. The van der Waals surface area contributed by atoms with Crippen LogP contribution in [0.5, 0.6) is 5.75 Å². The first kappa shape index (κ1) is 28.6. The van der Waals surface area contributed by atoms with Crippen LogP contribution in [0.1, 0.15) is 16.4 Å². The molecule has 3 atom stereocenters. The molecule has 0 aliphatic carbocycles. The lowest BCUT2D eigenvalue weighted by atomic mass is 9.83. The van der Waals surface area contributed by atoms with E-state index in [1.807, 2.05) is 54.6 Å². The van der Waals surface area contributed by atoms with Gasteiger partial charge in [0.2, 0.25) is 17.7 Å². The lowest BCUT2D eigenvalue weighted by molar-refractivity contribution is -0.122. The van der Waals surface area contributed by atoms with Crippen molar-refractivity contribution in [2.45, 2.75) is 22.7 Å². The Bertz CT molecular complexity index is 2000. The summed E-state index contributed by atoms with van der Waals surface area (Å²) in [6.45, 7) is -0.230. The van der Waals surface area contributed by atoms with Crippen LogP contribution >= 0.6 is 39.0 Å². The number of hydrogen-bond acceptors (Lipinski definition) is 7. The van der Waals surface area contributed by atoms with Gasteiger partial charge in [-0.3, -0.25) is 23.7 Å². The van der Waals surface area contributed by atoms with Gasteiger partial charge in [0.1, 0.15) is 17.5 Å². The van der Waals surface area contributed by atoms with E-state index >= 15 is 0 Å². The van der Waals surface area contributed by atoms with Crippen LogP contribution in [-0.2, 0) is 20.9 Å². The summed E-state index contributed by atoms with van der Waals surface area (Å²) >= 11 is 5.62. The number of nitrogens with zero attached hydrogens (tertiary/aromatic N) is 2. The summed E-state index contributed by atoms with van der Waals surface area (Å²) in [5.74, 6) is -1.66. The van der Waals surface area contributed by atoms with Crippen molar-refractivity contribution < 1.29 is 19.1 Å². The molecule has 0 spiro atoms. The molecule has 7 rings (SSSR count). The van der Waals surface area contributed by atoms with Gasteiger partial charge in [-0.15, -0.1) is 0 Å². The number of aromatic nitrogens is 1. The second-order valence-electron chi connectivity index (χ2n) is 10.5. The van der Waals surface area contributed by atoms with Crippen molar-refractivity contribution in [3.8, 4) is 5.75 Å². The third-order valence-corrected chi connectivity index (χ3v) is 11.1. The lowest BCUT2D eigenvalue weighted by Crippen LogP contribution is -2.33. The molecule has 0 radical (unpaired) electrons. The zero-order valence-electron chi connectivity index (χ0n) is 23.2. The van der Waals surface area contributed by atoms with Gasteiger partial charge in [-0.1, -0.05) is 87.6 Å². The maximum atomic E-state index is 14.0. The highest BCUT2D eigenvalue weighted by atomic mass is 79.9. The second kappa shape index (κ2) is 11.4. The lowest BCUT2D eigenvalue weighted by Gasteiger charge is -2.30. The summed E-state index contributed by atoms with van der Waals surface area (Å²) in [6.07, 6.45) is 0. The van der Waals surface area contributed by atoms with E-state index in [0.29, 0.717) is 27.0 Å². The van der Waals surface area contributed by atoms with Crippen molar-refractivity contribution in [2.75, 3.05) is 17.3 Å². The van der Waals surface area contributed by atoms with E-state index in [9.17, 15) is 19.2 Å². The largest absolute Gasteiger partial charge is 0.497 e. The molecule has 11 heteroatoms. The minimum absolute atomic E-state index is 0.230. The van der Waals surface area contributed by atoms with E-state index in [1.54, 1.807) is 43.5 Å². The maximum absolute atomic E-state index is 14.0. The molecule has 2 aliphatic heterocycles. The van der Waals surface area contributed by atoms with Gasteiger partial charge >= 0.3 is 4.87 Å². The predicted molar refractivity (Wildman–Crippen MR) is 176 cm³/mol. The molecule has 3 unspecified atom stereocenters. The number of benzene rings is 4. The summed E-state index contributed by atoms with van der Waals surface area (Å²) in [6, 6.07) is 27.8. The standard InChI is InChI=1S/C33H24BrN3O5S2/c1-42-22-15-9-19(10-16-22)26-27-28(31(40)37(30(27)39)21-13-11-20(34)12-14-21)43-32-29(26)44-33(41)36(32)17-25(38)35-24-8-4-6-18-5-2-3-7-23(18)24/h2-16,26-28H,17H2,1H3,(H,35,38). The number of methoxy groups -OCH3 is 1. The number of imide groups is 1. The first-order chi connectivity index (χ1) is 21.3. The van der Waals surface area contributed by atoms with Crippen LogP contribution in [0.2, 0.25) is 0 Å². The molecule has 8 nitrogen and oxygen atoms in total. The van der Waals surface area contributed by atoms with Crippen LogP contribution in [0, 0.1) is 5.92 Å². The highest BCUT2D eigenvalue weighted by molar-refractivity contribution is 9.10. The van der Waals surface area contributed by atoms with Crippen LogP contribution in [-0.4, -0.2) is 34.6 Å². The van der Waals surface area contributed by atoms with Crippen LogP contribution in [0.15, 0.2) is 105 Å². The molecule has 1 N–H and O–H groups in total. The number of halogens is 1. The first-order valence-corrected chi connectivity index (χ1v) is 16.3. The highest BCUT2D eigenvalue weighted by Gasteiger charge is 2.56. The predicted octanol–water partition coefficient (Wildman–Crippen LogP) is 6.27. The molecule has 0 bridgehead atoms. The van der Waals surface area contributed by atoms with Gasteiger partial charge in [-0.05, 0) is 53.4 Å². The zero-order valence-corrected chi connectivity index (χ0v) is 26.4. The number of rotatable bonds is 6. The van der Waals surface area contributed by atoms with E-state index in [4.69, 9.17) is 4.74 Å². The molecule has 2 aliphatic rings. The molecule has 1 saturated heterocycles. The second-order valence-corrected chi connectivity index (χ2v) is 13.5. The number of nitrogens with one attached hydrogen (secondary N) is 1. The van der Waals surface area contributed by atoms with E-state index in [2.05, 4.69) is 21.2 Å². The molecule has 4 aromatic carbocycles. The minimum atomic E-state index is -0.771. The van der Waals surface area contributed by atoms with Crippen LogP contribution in [0.3, 0.4) is 0 Å². The van der Waals surface area contributed by atoms with Crippen LogP contribution in [0.25, 0.3) is 10.8 Å². The molecule has 1 fully saturated rings. The Balaban J connectivity index is 1.28. The van der Waals surface area contributed by atoms with Crippen molar-refractivity contribution in [1.29, 1.82) is 0 Å². The van der Waals surface area contributed by atoms with E-state index in [-0.39, 0.29) is 29.1 Å². The summed E-state index contributed by atoms with van der Waals surface area (Å²) in [7, 11) is 1.57. The monoisotopic (exact) mass is 685 g/mol. The zero-order chi connectivity index (χ0) is 30.5. The van der Waals surface area contributed by atoms with E-state index in [0.717, 1.165) is 32.1 Å². The molecular weight excluding hydrogens is 662 g/mol. The van der Waals surface area contributed by atoms with Crippen molar-refractivity contribution in [1.82, 2.24) is 4.57 Å². The van der Waals surface area contributed by atoms with Crippen molar-refractivity contribution >= 4 is 78.9 Å². The number of carbonyl (C=O) groups excluding carboxylic acids is 3. The SMILES string of the molecule is COc1ccc(C2c3sc(=O)n(CC(=O)Nc4cccc5ccccc45)c3SC3C(=O)N(c4ccc(Br)cc4)C(=O)C32)cc1. The molecule has 220 valence electrons. The smallest absolute Gasteiger partial charge is 0.308 e. The molecule has 0 saturated carbocycles. The number of amides is 3. The Morgan fingerprint density at radius 2 is 1.64 bits per heavy atom. The molecule has 5 aromatic rings. The number of carbonyl (C=O) groups is 3. The summed E-state index contributed by atoms with van der Waals surface area (Å²) in [4.78, 5) is 56.4. The molecule has 3 heterocycles. The Kier molecular flexibility index (Phi) is 7.39. The quantitative estimate of drug-likeness (QED) is 0.212. The fraction of sp³-hybridized carbons (Fsp3) is 0.152. The Labute approximate surface area is 268 Å². The average molecular weight is 687 g/mol. The van der Waals surface area contributed by atoms with Crippen molar-refractivity contribution in [3.05, 3.63) is 116 Å². The van der Waals surface area contributed by atoms with Gasteiger partial charge in [0.05, 0.1) is 23.7 Å². The normalized spacial score (nSPS) is 19.1. The molecule has 44 heavy (non-hydrogen) atoms. The van der Waals surface area contributed by atoms with Crippen molar-refractivity contribution in [2.24, 2.45) is 5.92 Å². The highest BCUT2D eigenvalue weighted by Crippen LogP contribution is 2.54. The number of hydrogen-bond donors (Lipinski definition) is 1. The summed E-state index contributed by atoms with van der Waals surface area (Å²) in [5.41, 5.74) is 1.92. The number of thioether (sulfide) groups is 1. The Morgan fingerprint density at radius 1 is 0.909 bits per heavy atom. The number of fused-ring (bicyclic) bond motifs is 3. The van der Waals surface area contributed by atoms with Gasteiger partial charge < -0.3 is 10.1 Å². The molecular formula is C33H24BrN3O5S2. The van der Waals surface area contributed by atoms with Gasteiger partial charge in [-0.25, -0.2) is 4.90 Å². The van der Waals surface area contributed by atoms with E-state index in [1.165, 1.54) is 21.2 Å². The number of thiazole rings is 1. The molecule has 3 amide bonds. The van der Waals surface area contributed by atoms with Gasteiger partial charge in [-0.2, -0.15) is 0 Å². The average Bonchev–Trinajstić information content (AvgIpc) is 3.48. The number of anilines is 2. The molecule has 1 aromatic heterocycles. The minimum Gasteiger partial charge on any atom is -0.497 e. The van der Waals surface area contributed by atoms with Crippen LogP contribution < -0.4 is 19.8 Å². The first-order valence-electron chi connectivity index (χ1n) is 13.8. The maximum Gasteiger partial charge on any atom is 0.308 e. The van der Waals surface area contributed by atoms with Gasteiger partial charge in [0.25, 0.3) is 0 Å². The van der Waals surface area contributed by atoms with Gasteiger partial charge in [0.15, 0.2) is 0 Å². The fourth-order valence-electron chi connectivity index (χ4n) is 5.94. The third kappa shape index (κ3) is 4.85. The Morgan fingerprint density at radius 3 is 2.39 bits per heavy atom. The fourth-order valence-corrected chi connectivity index (χ4v) is 8.98.